The molecule has 3 aromatic rings. The number of rotatable bonds is 9. The predicted octanol–water partition coefficient (Wildman–Crippen LogP) is 3.51. The van der Waals surface area contributed by atoms with Crippen LogP contribution in [0.3, 0.4) is 0 Å². The largest absolute Gasteiger partial charge is 0.366 e. The summed E-state index contributed by atoms with van der Waals surface area (Å²) in [5, 5.41) is 6.73. The molecule has 140 valence electrons. The number of nitrogens with one attached hydrogen (secondary N) is 2. The molecule has 0 aliphatic heterocycles. The molecule has 6 heteroatoms. The molecular weight excluding hydrogens is 336 g/mol. The van der Waals surface area contributed by atoms with Crippen LogP contribution < -0.4 is 10.6 Å². The molecule has 0 aliphatic carbocycles. The van der Waals surface area contributed by atoms with E-state index in [1.54, 1.807) is 6.20 Å². The van der Waals surface area contributed by atoms with Gasteiger partial charge in [0.25, 0.3) is 0 Å². The van der Waals surface area contributed by atoms with Gasteiger partial charge in [-0.15, -0.1) is 0 Å². The molecule has 0 aliphatic rings. The third kappa shape index (κ3) is 6.04. The lowest BCUT2D eigenvalue weighted by Crippen LogP contribution is -2.17. The Hall–Kier alpha value is -2.99. The Bertz CT molecular complexity index is 821. The summed E-state index contributed by atoms with van der Waals surface area (Å²) in [5.74, 6) is 1.44. The topological polar surface area (TPSA) is 66.0 Å². The van der Waals surface area contributed by atoms with Crippen molar-refractivity contribution in [2.45, 2.75) is 13.0 Å². The van der Waals surface area contributed by atoms with Gasteiger partial charge in [0.2, 0.25) is 5.95 Å². The van der Waals surface area contributed by atoms with Crippen molar-refractivity contribution in [2.24, 2.45) is 0 Å². The highest BCUT2D eigenvalue weighted by Crippen LogP contribution is 2.21. The summed E-state index contributed by atoms with van der Waals surface area (Å²) in [7, 11) is 4.15. The number of hydrogen-bond donors (Lipinski definition) is 2. The zero-order valence-corrected chi connectivity index (χ0v) is 15.9. The standard InChI is InChI=1S/C21H26N6/c1-27(2)13-7-12-23-21-25-19(18-9-4-3-5-10-18)14-20(26-21)24-16-17-8-6-11-22-15-17/h3-6,8-11,14-15H,7,12-13,16H2,1-2H3,(H2,23,24,25,26). The summed E-state index contributed by atoms with van der Waals surface area (Å²) in [5.41, 5.74) is 3.08. The fourth-order valence-corrected chi connectivity index (χ4v) is 2.66. The van der Waals surface area contributed by atoms with Crippen LogP contribution in [-0.2, 0) is 6.54 Å². The van der Waals surface area contributed by atoms with E-state index in [-0.39, 0.29) is 0 Å². The van der Waals surface area contributed by atoms with Gasteiger partial charge in [-0.25, -0.2) is 4.98 Å². The average molecular weight is 362 g/mol. The minimum atomic E-state index is 0.642. The molecule has 0 atom stereocenters. The fraction of sp³-hybridized carbons (Fsp3) is 0.286. The summed E-state index contributed by atoms with van der Waals surface area (Å²) in [6, 6.07) is 16.1. The summed E-state index contributed by atoms with van der Waals surface area (Å²) in [6.07, 6.45) is 4.66. The van der Waals surface area contributed by atoms with E-state index >= 15 is 0 Å². The third-order valence-electron chi connectivity index (χ3n) is 4.06. The van der Waals surface area contributed by atoms with Crippen molar-refractivity contribution in [2.75, 3.05) is 37.8 Å². The van der Waals surface area contributed by atoms with Crippen molar-refractivity contribution in [3.63, 3.8) is 0 Å². The minimum absolute atomic E-state index is 0.642. The molecule has 27 heavy (non-hydrogen) atoms. The Kier molecular flexibility index (Phi) is 6.71. The van der Waals surface area contributed by atoms with Gasteiger partial charge < -0.3 is 15.5 Å². The van der Waals surface area contributed by atoms with Crippen LogP contribution in [0, 0.1) is 0 Å². The SMILES string of the molecule is CN(C)CCCNc1nc(NCc2cccnc2)cc(-c2ccccc2)n1. The van der Waals surface area contributed by atoms with Crippen molar-refractivity contribution in [1.29, 1.82) is 0 Å². The number of nitrogens with zero attached hydrogens (tertiary/aromatic N) is 4. The maximum atomic E-state index is 4.69. The number of benzene rings is 1. The van der Waals surface area contributed by atoms with Gasteiger partial charge in [-0.1, -0.05) is 36.4 Å². The van der Waals surface area contributed by atoms with E-state index in [0.717, 1.165) is 42.1 Å². The second kappa shape index (κ2) is 9.64. The van der Waals surface area contributed by atoms with Crippen LogP contribution in [0.4, 0.5) is 11.8 Å². The van der Waals surface area contributed by atoms with E-state index < -0.39 is 0 Å². The maximum absolute atomic E-state index is 4.69. The monoisotopic (exact) mass is 362 g/mol. The van der Waals surface area contributed by atoms with E-state index in [4.69, 9.17) is 0 Å². The molecule has 0 unspecified atom stereocenters. The molecule has 3 rings (SSSR count). The summed E-state index contributed by atoms with van der Waals surface area (Å²) < 4.78 is 0. The molecule has 0 fully saturated rings. The van der Waals surface area contributed by atoms with Crippen LogP contribution in [0.25, 0.3) is 11.3 Å². The molecule has 0 amide bonds. The predicted molar refractivity (Wildman–Crippen MR) is 111 cm³/mol. The van der Waals surface area contributed by atoms with E-state index in [2.05, 4.69) is 56.7 Å². The smallest absolute Gasteiger partial charge is 0.225 e. The van der Waals surface area contributed by atoms with E-state index in [0.29, 0.717) is 12.5 Å². The van der Waals surface area contributed by atoms with Crippen LogP contribution in [0.5, 0.6) is 0 Å². The maximum Gasteiger partial charge on any atom is 0.225 e. The van der Waals surface area contributed by atoms with E-state index in [1.807, 2.05) is 42.6 Å². The molecule has 0 spiro atoms. The molecule has 6 nitrogen and oxygen atoms in total. The lowest BCUT2D eigenvalue weighted by molar-refractivity contribution is 0.405. The first-order valence-corrected chi connectivity index (χ1v) is 9.16. The molecule has 1 aromatic carbocycles. The third-order valence-corrected chi connectivity index (χ3v) is 4.06. The lowest BCUT2D eigenvalue weighted by Gasteiger charge is -2.13. The molecule has 0 saturated heterocycles. The van der Waals surface area contributed by atoms with Crippen molar-refractivity contribution in [3.05, 3.63) is 66.5 Å². The van der Waals surface area contributed by atoms with Crippen LogP contribution >= 0.6 is 0 Å². The Morgan fingerprint density at radius 2 is 1.81 bits per heavy atom. The highest BCUT2D eigenvalue weighted by atomic mass is 15.1. The van der Waals surface area contributed by atoms with Crippen molar-refractivity contribution in [1.82, 2.24) is 19.9 Å². The van der Waals surface area contributed by atoms with Gasteiger partial charge in [0.05, 0.1) is 5.69 Å². The summed E-state index contributed by atoms with van der Waals surface area (Å²) in [6.45, 7) is 2.52. The van der Waals surface area contributed by atoms with Crippen LogP contribution in [0.2, 0.25) is 0 Å². The molecular formula is C21H26N6. The zero-order valence-electron chi connectivity index (χ0n) is 15.9. The first-order chi connectivity index (χ1) is 13.2. The fourth-order valence-electron chi connectivity index (χ4n) is 2.66. The Balaban J connectivity index is 1.75. The zero-order chi connectivity index (χ0) is 18.9. The number of hydrogen-bond acceptors (Lipinski definition) is 6. The van der Waals surface area contributed by atoms with Crippen LogP contribution in [0.1, 0.15) is 12.0 Å². The molecule has 0 bridgehead atoms. The molecule has 0 saturated carbocycles. The summed E-state index contributed by atoms with van der Waals surface area (Å²) >= 11 is 0. The lowest BCUT2D eigenvalue weighted by atomic mass is 10.1. The molecule has 2 aromatic heterocycles. The van der Waals surface area contributed by atoms with Crippen molar-refractivity contribution in [3.8, 4) is 11.3 Å². The van der Waals surface area contributed by atoms with Gasteiger partial charge in [-0.05, 0) is 38.7 Å². The first-order valence-electron chi connectivity index (χ1n) is 9.16. The molecule has 2 heterocycles. The van der Waals surface area contributed by atoms with Gasteiger partial charge >= 0.3 is 0 Å². The van der Waals surface area contributed by atoms with E-state index in [1.165, 1.54) is 0 Å². The summed E-state index contributed by atoms with van der Waals surface area (Å²) in [4.78, 5) is 15.6. The first kappa shape index (κ1) is 18.8. The van der Waals surface area contributed by atoms with Crippen LogP contribution in [0.15, 0.2) is 60.9 Å². The number of aromatic nitrogens is 3. The van der Waals surface area contributed by atoms with E-state index in [9.17, 15) is 0 Å². The second-order valence-corrected chi connectivity index (χ2v) is 6.63. The van der Waals surface area contributed by atoms with Gasteiger partial charge in [0.15, 0.2) is 0 Å². The van der Waals surface area contributed by atoms with Crippen molar-refractivity contribution >= 4 is 11.8 Å². The Morgan fingerprint density at radius 3 is 2.56 bits per heavy atom. The quantitative estimate of drug-likeness (QED) is 0.568. The van der Waals surface area contributed by atoms with Gasteiger partial charge in [0, 0.05) is 37.1 Å². The average Bonchev–Trinajstić information content (AvgIpc) is 2.71. The number of pyridine rings is 1. The number of anilines is 2. The minimum Gasteiger partial charge on any atom is -0.366 e. The molecule has 0 radical (unpaired) electrons. The second-order valence-electron chi connectivity index (χ2n) is 6.63. The van der Waals surface area contributed by atoms with Crippen molar-refractivity contribution < 1.29 is 0 Å². The van der Waals surface area contributed by atoms with Crippen LogP contribution in [-0.4, -0.2) is 47.0 Å². The highest BCUT2D eigenvalue weighted by molar-refractivity contribution is 5.64. The van der Waals surface area contributed by atoms with Gasteiger partial charge in [-0.3, -0.25) is 4.98 Å². The van der Waals surface area contributed by atoms with Gasteiger partial charge in [0.1, 0.15) is 5.82 Å². The Morgan fingerprint density at radius 1 is 0.963 bits per heavy atom. The van der Waals surface area contributed by atoms with Gasteiger partial charge in [-0.2, -0.15) is 4.98 Å². The Labute approximate surface area is 160 Å². The highest BCUT2D eigenvalue weighted by Gasteiger charge is 2.07. The normalized spacial score (nSPS) is 10.8. The molecule has 2 N–H and O–H groups in total.